The molecule has 0 aromatic heterocycles. The summed E-state index contributed by atoms with van der Waals surface area (Å²) in [5.74, 6) is 0.200. The van der Waals surface area contributed by atoms with Crippen LogP contribution in [0.25, 0.3) is 16.8 Å². The highest BCUT2D eigenvalue weighted by atomic mass is 32.2. The van der Waals surface area contributed by atoms with Crippen LogP contribution in [0, 0.1) is 5.92 Å². The monoisotopic (exact) mass is 613 g/mol. The first-order valence-corrected chi connectivity index (χ1v) is 16.9. The second kappa shape index (κ2) is 12.5. The van der Waals surface area contributed by atoms with Crippen LogP contribution in [0.5, 0.6) is 0 Å². The van der Waals surface area contributed by atoms with Crippen LogP contribution in [0.15, 0.2) is 168 Å². The van der Waals surface area contributed by atoms with Crippen molar-refractivity contribution in [2.45, 2.75) is 23.1 Å². The van der Waals surface area contributed by atoms with Crippen molar-refractivity contribution >= 4 is 34.3 Å². The SMILES string of the molecule is NC(/C(=C1\NC(C2C=CC=CC2)=C(c2ccc(C3N=C4C=CC=CC4S3)cc2)c2ccccc21)c1ccccc1)c1ccccc1. The Morgan fingerprint density at radius 3 is 2.22 bits per heavy atom. The Morgan fingerprint density at radius 1 is 0.761 bits per heavy atom. The Morgan fingerprint density at radius 2 is 1.48 bits per heavy atom. The minimum atomic E-state index is -0.318. The van der Waals surface area contributed by atoms with E-state index in [0.717, 1.165) is 40.1 Å². The fourth-order valence-electron chi connectivity index (χ4n) is 6.87. The highest BCUT2D eigenvalue weighted by Gasteiger charge is 2.32. The number of rotatable bonds is 6. The van der Waals surface area contributed by atoms with Gasteiger partial charge in [0, 0.05) is 28.3 Å². The fraction of sp³-hybridized carbons (Fsp3) is 0.119. The number of benzene rings is 4. The lowest BCUT2D eigenvalue weighted by Crippen LogP contribution is -2.28. The molecule has 2 aliphatic heterocycles. The Bertz CT molecular complexity index is 1980. The van der Waals surface area contributed by atoms with Gasteiger partial charge >= 0.3 is 0 Å². The van der Waals surface area contributed by atoms with Gasteiger partial charge in [-0.1, -0.05) is 152 Å². The topological polar surface area (TPSA) is 50.4 Å². The third-order valence-electron chi connectivity index (χ3n) is 9.15. The molecule has 0 amide bonds. The van der Waals surface area contributed by atoms with Crippen LogP contribution in [0.4, 0.5) is 0 Å². The third-order valence-corrected chi connectivity index (χ3v) is 10.5. The van der Waals surface area contributed by atoms with Crippen molar-refractivity contribution < 1.29 is 0 Å². The maximum atomic E-state index is 7.19. The highest BCUT2D eigenvalue weighted by Crippen LogP contribution is 2.46. The molecule has 0 fully saturated rings. The molecule has 4 atom stereocenters. The standard InChI is InChI=1S/C42H35N3S/c43-39(30-16-6-2-7-17-30)38(28-14-4-1-5-15-28)41-34-21-11-10-20-33(34)37(40(45-41)31-18-8-3-9-19-31)29-24-26-32(27-25-29)42-44-35-22-12-13-23-36(35)46-42/h1-18,20-27,31,36,39,42,45H,19,43H2/b41-38-. The van der Waals surface area contributed by atoms with Crippen LogP contribution in [0.1, 0.15) is 51.2 Å². The van der Waals surface area contributed by atoms with Crippen molar-refractivity contribution in [3.63, 3.8) is 0 Å². The minimum absolute atomic E-state index is 0.112. The Labute approximate surface area is 275 Å². The lowest BCUT2D eigenvalue weighted by molar-refractivity contribution is 0.720. The highest BCUT2D eigenvalue weighted by molar-refractivity contribution is 8.01. The lowest BCUT2D eigenvalue weighted by atomic mass is 9.80. The molecule has 0 spiro atoms. The summed E-state index contributed by atoms with van der Waals surface area (Å²) in [5, 5.41) is 4.49. The van der Waals surface area contributed by atoms with E-state index in [0.29, 0.717) is 5.25 Å². The van der Waals surface area contributed by atoms with Gasteiger partial charge in [-0.3, -0.25) is 4.99 Å². The maximum absolute atomic E-state index is 7.19. The van der Waals surface area contributed by atoms with Crippen LogP contribution in [-0.2, 0) is 0 Å². The second-order valence-corrected chi connectivity index (χ2v) is 13.2. The van der Waals surface area contributed by atoms with E-state index < -0.39 is 0 Å². The number of nitrogens with zero attached hydrogens (tertiary/aromatic N) is 1. The quantitative estimate of drug-likeness (QED) is 0.228. The molecule has 4 aromatic rings. The van der Waals surface area contributed by atoms with Crippen molar-refractivity contribution in [1.29, 1.82) is 0 Å². The first kappa shape index (κ1) is 28.6. The smallest absolute Gasteiger partial charge is 0.122 e. The lowest BCUT2D eigenvalue weighted by Gasteiger charge is -2.34. The van der Waals surface area contributed by atoms with E-state index in [4.69, 9.17) is 10.7 Å². The average Bonchev–Trinajstić information content (AvgIpc) is 3.57. The Balaban J connectivity index is 1.28. The summed E-state index contributed by atoms with van der Waals surface area (Å²) in [6.45, 7) is 0. The molecule has 0 saturated carbocycles. The van der Waals surface area contributed by atoms with Gasteiger partial charge < -0.3 is 11.1 Å². The normalized spacial score (nSPS) is 23.0. The second-order valence-electron chi connectivity index (χ2n) is 12.0. The number of nitrogens with two attached hydrogens (primary N) is 1. The van der Waals surface area contributed by atoms with Crippen molar-refractivity contribution in [2.75, 3.05) is 0 Å². The van der Waals surface area contributed by atoms with Gasteiger partial charge in [0.25, 0.3) is 0 Å². The summed E-state index contributed by atoms with van der Waals surface area (Å²) in [6, 6.07) is 38.5. The molecule has 0 radical (unpaired) electrons. The summed E-state index contributed by atoms with van der Waals surface area (Å²) in [7, 11) is 0. The van der Waals surface area contributed by atoms with E-state index >= 15 is 0 Å². The summed E-state index contributed by atoms with van der Waals surface area (Å²) in [5.41, 5.74) is 19.9. The van der Waals surface area contributed by atoms with Gasteiger partial charge in [0.2, 0.25) is 0 Å². The number of allylic oxidation sites excluding steroid dienone is 7. The van der Waals surface area contributed by atoms with Crippen LogP contribution in [-0.4, -0.2) is 11.0 Å². The van der Waals surface area contributed by atoms with Gasteiger partial charge in [-0.25, -0.2) is 0 Å². The van der Waals surface area contributed by atoms with E-state index in [2.05, 4.69) is 157 Å². The molecule has 2 aliphatic carbocycles. The molecule has 4 unspecified atom stereocenters. The molecule has 0 bridgehead atoms. The number of aliphatic imine (C=N–C) groups is 1. The van der Waals surface area contributed by atoms with E-state index in [1.54, 1.807) is 0 Å². The molecule has 4 aromatic carbocycles. The molecule has 3 N–H and O–H groups in total. The first-order chi connectivity index (χ1) is 22.7. The molecule has 2 heterocycles. The first-order valence-electron chi connectivity index (χ1n) is 16.0. The van der Waals surface area contributed by atoms with Crippen molar-refractivity contribution in [2.24, 2.45) is 16.6 Å². The number of fused-ring (bicyclic) bond motifs is 2. The zero-order valence-corrected chi connectivity index (χ0v) is 26.3. The molecule has 4 heteroatoms. The van der Waals surface area contributed by atoms with Gasteiger partial charge in [0.05, 0.1) is 22.7 Å². The van der Waals surface area contributed by atoms with Crippen molar-refractivity contribution in [3.8, 4) is 0 Å². The van der Waals surface area contributed by atoms with Crippen LogP contribution in [0.3, 0.4) is 0 Å². The predicted octanol–water partition coefficient (Wildman–Crippen LogP) is 9.43. The van der Waals surface area contributed by atoms with E-state index in [9.17, 15) is 0 Å². The largest absolute Gasteiger partial charge is 0.357 e. The number of hydrogen-bond donors (Lipinski definition) is 2. The van der Waals surface area contributed by atoms with Gasteiger partial charge in [0.15, 0.2) is 0 Å². The molecule has 4 aliphatic rings. The average molecular weight is 614 g/mol. The van der Waals surface area contributed by atoms with Gasteiger partial charge in [-0.15, -0.1) is 11.8 Å². The molecular weight excluding hydrogens is 579 g/mol. The van der Waals surface area contributed by atoms with Gasteiger partial charge in [0.1, 0.15) is 5.37 Å². The van der Waals surface area contributed by atoms with Crippen molar-refractivity contribution in [3.05, 3.63) is 197 Å². The molecule has 3 nitrogen and oxygen atoms in total. The third kappa shape index (κ3) is 5.34. The number of thioether (sulfide) groups is 1. The predicted molar refractivity (Wildman–Crippen MR) is 195 cm³/mol. The summed E-state index contributed by atoms with van der Waals surface area (Å²) in [6.07, 6.45) is 18.4. The molecule has 46 heavy (non-hydrogen) atoms. The Kier molecular flexibility index (Phi) is 7.75. The van der Waals surface area contributed by atoms with Crippen LogP contribution in [0.2, 0.25) is 0 Å². The molecular formula is C42H35N3S. The van der Waals surface area contributed by atoms with E-state index in [1.807, 2.05) is 17.8 Å². The molecule has 224 valence electrons. The summed E-state index contributed by atoms with van der Waals surface area (Å²) >= 11 is 1.90. The number of nitrogens with one attached hydrogen (secondary N) is 1. The zero-order valence-electron chi connectivity index (χ0n) is 25.5. The summed E-state index contributed by atoms with van der Waals surface area (Å²) < 4.78 is 0. The molecule has 0 saturated heterocycles. The van der Waals surface area contributed by atoms with E-state index in [-0.39, 0.29) is 17.3 Å². The van der Waals surface area contributed by atoms with Gasteiger partial charge in [-0.2, -0.15) is 0 Å². The maximum Gasteiger partial charge on any atom is 0.122 e. The zero-order chi connectivity index (χ0) is 30.9. The van der Waals surface area contributed by atoms with Gasteiger partial charge in [-0.05, 0) is 40.3 Å². The fourth-order valence-corrected chi connectivity index (χ4v) is 8.10. The van der Waals surface area contributed by atoms with E-state index in [1.165, 1.54) is 28.0 Å². The molecule has 8 rings (SSSR count). The minimum Gasteiger partial charge on any atom is -0.357 e. The number of hydrogen-bond acceptors (Lipinski definition) is 4. The van der Waals surface area contributed by atoms with Crippen molar-refractivity contribution in [1.82, 2.24) is 5.32 Å². The summed E-state index contributed by atoms with van der Waals surface area (Å²) in [4.78, 5) is 5.03. The Hall–Kier alpha value is -4.90. The van der Waals surface area contributed by atoms with Crippen LogP contribution >= 0.6 is 11.8 Å². The van der Waals surface area contributed by atoms with Crippen LogP contribution < -0.4 is 11.1 Å².